The molecule has 8 heteroatoms. The number of hydrogen-bond donors (Lipinski definition) is 2. The highest BCUT2D eigenvalue weighted by Gasteiger charge is 2.33. The van der Waals surface area contributed by atoms with Crippen LogP contribution in [0.1, 0.15) is 43.5 Å². The van der Waals surface area contributed by atoms with Crippen LogP contribution in [0.25, 0.3) is 0 Å². The molecular weight excluding hydrogens is 308 g/mol. The molecule has 3 N–H and O–H groups in total. The molecule has 7 nitrogen and oxygen atoms in total. The molecule has 0 bridgehead atoms. The van der Waals surface area contributed by atoms with E-state index in [2.05, 4.69) is 9.46 Å². The lowest BCUT2D eigenvalue weighted by Crippen LogP contribution is -2.52. The molecule has 0 aliphatic rings. The van der Waals surface area contributed by atoms with Gasteiger partial charge in [0.1, 0.15) is 10.7 Å². The Balaban J connectivity index is 3.14. The van der Waals surface area contributed by atoms with Crippen LogP contribution in [0.15, 0.2) is 15.4 Å². The Morgan fingerprint density at radius 1 is 1.50 bits per heavy atom. The second kappa shape index (κ2) is 6.80. The van der Waals surface area contributed by atoms with E-state index in [1.54, 1.807) is 6.92 Å². The van der Waals surface area contributed by atoms with Gasteiger partial charge in [0.2, 0.25) is 15.8 Å². The van der Waals surface area contributed by atoms with E-state index in [9.17, 15) is 13.2 Å². The summed E-state index contributed by atoms with van der Waals surface area (Å²) in [4.78, 5) is 11.4. The predicted molar refractivity (Wildman–Crippen MR) is 82.0 cm³/mol. The van der Waals surface area contributed by atoms with Gasteiger partial charge in [0.05, 0.1) is 7.11 Å². The quantitative estimate of drug-likeness (QED) is 0.730. The molecule has 0 aromatic carbocycles. The van der Waals surface area contributed by atoms with E-state index in [1.165, 1.54) is 14.0 Å². The van der Waals surface area contributed by atoms with Gasteiger partial charge in [-0.2, -0.15) is 0 Å². The SMILES string of the molecule is COC(=O)c1cc(S(=O)(=O)NC(C)(CN)CC(C)C)c(C)o1. The van der Waals surface area contributed by atoms with Crippen LogP contribution in [0.3, 0.4) is 0 Å². The van der Waals surface area contributed by atoms with Gasteiger partial charge in [-0.3, -0.25) is 0 Å². The topological polar surface area (TPSA) is 112 Å². The minimum Gasteiger partial charge on any atom is -0.463 e. The van der Waals surface area contributed by atoms with Crippen LogP contribution in [-0.2, 0) is 14.8 Å². The first kappa shape index (κ1) is 18.7. The number of aryl methyl sites for hydroxylation is 1. The summed E-state index contributed by atoms with van der Waals surface area (Å²) in [6.07, 6.45) is 0.587. The maximum Gasteiger partial charge on any atom is 0.373 e. The van der Waals surface area contributed by atoms with Crippen molar-refractivity contribution in [2.45, 2.75) is 44.6 Å². The number of sulfonamides is 1. The number of nitrogens with two attached hydrogens (primary N) is 1. The molecule has 126 valence electrons. The van der Waals surface area contributed by atoms with Crippen LogP contribution < -0.4 is 10.5 Å². The Bertz CT molecular complexity index is 636. The van der Waals surface area contributed by atoms with Crippen LogP contribution in [-0.4, -0.2) is 33.6 Å². The van der Waals surface area contributed by atoms with Gasteiger partial charge < -0.3 is 14.9 Å². The molecule has 1 aromatic rings. The number of esters is 1. The molecule has 1 atom stereocenters. The summed E-state index contributed by atoms with van der Waals surface area (Å²) in [5.74, 6) is -0.490. The molecule has 0 aliphatic carbocycles. The maximum absolute atomic E-state index is 12.6. The lowest BCUT2D eigenvalue weighted by Gasteiger charge is -2.30. The maximum atomic E-state index is 12.6. The minimum absolute atomic E-state index is 0.0867. The fourth-order valence-electron chi connectivity index (χ4n) is 2.38. The van der Waals surface area contributed by atoms with Gasteiger partial charge in [0, 0.05) is 18.2 Å². The van der Waals surface area contributed by atoms with E-state index in [-0.39, 0.29) is 28.9 Å². The Kier molecular flexibility index (Phi) is 5.77. The third-order valence-electron chi connectivity index (χ3n) is 3.24. The molecule has 0 saturated heterocycles. The monoisotopic (exact) mass is 332 g/mol. The van der Waals surface area contributed by atoms with E-state index in [4.69, 9.17) is 10.2 Å². The highest BCUT2D eigenvalue weighted by Crippen LogP contribution is 2.24. The highest BCUT2D eigenvalue weighted by atomic mass is 32.2. The lowest BCUT2D eigenvalue weighted by atomic mass is 9.92. The second-order valence-electron chi connectivity index (χ2n) is 5.99. The van der Waals surface area contributed by atoms with Crippen molar-refractivity contribution in [1.29, 1.82) is 0 Å². The van der Waals surface area contributed by atoms with Gasteiger partial charge in [-0.25, -0.2) is 17.9 Å². The zero-order valence-corrected chi connectivity index (χ0v) is 14.4. The van der Waals surface area contributed by atoms with Crippen LogP contribution in [0.2, 0.25) is 0 Å². The van der Waals surface area contributed by atoms with Gasteiger partial charge in [0.15, 0.2) is 0 Å². The standard InChI is InChI=1S/C14H24N2O5S/c1-9(2)7-14(4,8-15)16-22(18,19)12-6-11(13(17)20-5)21-10(12)3/h6,9,16H,7-8,15H2,1-5H3. The normalized spacial score (nSPS) is 14.9. The number of carbonyl (C=O) groups is 1. The van der Waals surface area contributed by atoms with Gasteiger partial charge >= 0.3 is 5.97 Å². The number of hydrogen-bond acceptors (Lipinski definition) is 6. The zero-order valence-electron chi connectivity index (χ0n) is 13.6. The first-order chi connectivity index (χ1) is 10.0. The van der Waals surface area contributed by atoms with Crippen LogP contribution >= 0.6 is 0 Å². The van der Waals surface area contributed by atoms with Gasteiger partial charge in [-0.1, -0.05) is 13.8 Å². The number of carbonyl (C=O) groups excluding carboxylic acids is 1. The van der Waals surface area contributed by atoms with Crippen molar-refractivity contribution in [3.8, 4) is 0 Å². The van der Waals surface area contributed by atoms with E-state index in [1.807, 2.05) is 13.8 Å². The molecule has 0 amide bonds. The van der Waals surface area contributed by atoms with Crippen molar-refractivity contribution in [1.82, 2.24) is 4.72 Å². The average molecular weight is 332 g/mol. The zero-order chi connectivity index (χ0) is 17.1. The third kappa shape index (κ3) is 4.31. The number of nitrogens with one attached hydrogen (secondary N) is 1. The molecule has 0 radical (unpaired) electrons. The van der Waals surface area contributed by atoms with Crippen molar-refractivity contribution in [2.24, 2.45) is 11.7 Å². The summed E-state index contributed by atoms with van der Waals surface area (Å²) >= 11 is 0. The molecule has 0 aliphatic heterocycles. The number of furan rings is 1. The third-order valence-corrected chi connectivity index (χ3v) is 4.98. The van der Waals surface area contributed by atoms with E-state index < -0.39 is 21.5 Å². The minimum atomic E-state index is -3.86. The van der Waals surface area contributed by atoms with Crippen molar-refractivity contribution in [3.63, 3.8) is 0 Å². The molecule has 1 heterocycles. The molecule has 22 heavy (non-hydrogen) atoms. The van der Waals surface area contributed by atoms with Crippen molar-refractivity contribution >= 4 is 16.0 Å². The number of rotatable bonds is 7. The number of methoxy groups -OCH3 is 1. The molecule has 1 aromatic heterocycles. The van der Waals surface area contributed by atoms with Gasteiger partial charge in [-0.05, 0) is 26.2 Å². The average Bonchev–Trinajstić information content (AvgIpc) is 2.79. The van der Waals surface area contributed by atoms with Crippen LogP contribution in [0, 0.1) is 12.8 Å². The second-order valence-corrected chi connectivity index (χ2v) is 7.64. The van der Waals surface area contributed by atoms with Crippen molar-refractivity contribution in [3.05, 3.63) is 17.6 Å². The summed E-state index contributed by atoms with van der Waals surface area (Å²) in [7, 11) is -2.66. The molecular formula is C14H24N2O5S. The summed E-state index contributed by atoms with van der Waals surface area (Å²) < 4.78 is 37.4. The summed E-state index contributed by atoms with van der Waals surface area (Å²) in [6, 6.07) is 1.16. The largest absolute Gasteiger partial charge is 0.463 e. The Labute approximate surface area is 131 Å². The smallest absolute Gasteiger partial charge is 0.373 e. The molecule has 0 fully saturated rings. The first-order valence-corrected chi connectivity index (χ1v) is 8.46. The molecule has 1 rings (SSSR count). The lowest BCUT2D eigenvalue weighted by molar-refractivity contribution is 0.0563. The van der Waals surface area contributed by atoms with Crippen molar-refractivity contribution in [2.75, 3.05) is 13.7 Å². The Hall–Kier alpha value is -1.38. The van der Waals surface area contributed by atoms with Gasteiger partial charge in [0.25, 0.3) is 0 Å². The highest BCUT2D eigenvalue weighted by molar-refractivity contribution is 7.89. The Morgan fingerprint density at radius 3 is 2.55 bits per heavy atom. The molecule has 1 unspecified atom stereocenters. The predicted octanol–water partition coefficient (Wildman–Crippen LogP) is 1.42. The summed E-state index contributed by atoms with van der Waals surface area (Å²) in [5.41, 5.74) is 4.95. The van der Waals surface area contributed by atoms with Crippen molar-refractivity contribution < 1.29 is 22.4 Å². The van der Waals surface area contributed by atoms with Gasteiger partial charge in [-0.15, -0.1) is 0 Å². The van der Waals surface area contributed by atoms with E-state index in [0.29, 0.717) is 6.42 Å². The summed E-state index contributed by atoms with van der Waals surface area (Å²) in [5, 5.41) is 0. The first-order valence-electron chi connectivity index (χ1n) is 6.97. The summed E-state index contributed by atoms with van der Waals surface area (Å²) in [6.45, 7) is 7.36. The molecule has 0 saturated carbocycles. The molecule has 0 spiro atoms. The van der Waals surface area contributed by atoms with E-state index >= 15 is 0 Å². The van der Waals surface area contributed by atoms with Crippen LogP contribution in [0.5, 0.6) is 0 Å². The van der Waals surface area contributed by atoms with Crippen LogP contribution in [0.4, 0.5) is 0 Å². The Morgan fingerprint density at radius 2 is 2.09 bits per heavy atom. The van der Waals surface area contributed by atoms with E-state index in [0.717, 1.165) is 6.07 Å². The fourth-order valence-corrected chi connectivity index (χ4v) is 3.99. The fraction of sp³-hybridized carbons (Fsp3) is 0.643. The number of ether oxygens (including phenoxy) is 1.